The van der Waals surface area contributed by atoms with Gasteiger partial charge in [-0.3, -0.25) is 14.4 Å². The first-order valence-corrected chi connectivity index (χ1v) is 11.4. The van der Waals surface area contributed by atoms with E-state index < -0.39 is 18.5 Å². The lowest BCUT2D eigenvalue weighted by atomic mass is 10.0. The van der Waals surface area contributed by atoms with Crippen molar-refractivity contribution >= 4 is 45.8 Å². The molecule has 0 bridgehead atoms. The summed E-state index contributed by atoms with van der Waals surface area (Å²) in [7, 11) is 0. The van der Waals surface area contributed by atoms with Gasteiger partial charge in [0.05, 0.1) is 17.8 Å². The molecule has 0 aromatic heterocycles. The molecule has 3 aromatic carbocycles. The van der Waals surface area contributed by atoms with Crippen LogP contribution in [0.4, 0.5) is 11.4 Å². The molecule has 0 unspecified atom stereocenters. The van der Waals surface area contributed by atoms with Crippen molar-refractivity contribution in [2.24, 2.45) is 0 Å². The van der Waals surface area contributed by atoms with E-state index in [1.165, 1.54) is 11.8 Å². The summed E-state index contributed by atoms with van der Waals surface area (Å²) in [4.78, 5) is 51.2. The lowest BCUT2D eigenvalue weighted by molar-refractivity contribution is -0.137. The van der Waals surface area contributed by atoms with Gasteiger partial charge in [0.25, 0.3) is 5.91 Å². The van der Waals surface area contributed by atoms with Crippen LogP contribution in [-0.2, 0) is 19.1 Å². The molecule has 0 aliphatic rings. The van der Waals surface area contributed by atoms with Crippen LogP contribution in [0.5, 0.6) is 0 Å². The Morgan fingerprint density at radius 2 is 1.54 bits per heavy atom. The Bertz CT molecular complexity index is 1250. The number of anilines is 2. The zero-order valence-corrected chi connectivity index (χ0v) is 20.1. The van der Waals surface area contributed by atoms with Gasteiger partial charge < -0.3 is 20.3 Å². The molecule has 0 saturated heterocycles. The maximum Gasteiger partial charge on any atom is 0.340 e. The van der Waals surface area contributed by atoms with Crippen LogP contribution < -0.4 is 10.6 Å². The van der Waals surface area contributed by atoms with Gasteiger partial charge in [-0.05, 0) is 47.9 Å². The Morgan fingerprint density at radius 3 is 2.20 bits per heavy atom. The van der Waals surface area contributed by atoms with Crippen molar-refractivity contribution < 1.29 is 23.9 Å². The van der Waals surface area contributed by atoms with Crippen LogP contribution in [0.2, 0.25) is 0 Å². The molecule has 0 heterocycles. The number of rotatable bonds is 9. The van der Waals surface area contributed by atoms with E-state index in [1.54, 1.807) is 18.2 Å². The Morgan fingerprint density at radius 1 is 0.886 bits per heavy atom. The third kappa shape index (κ3) is 6.89. The number of carbonyl (C=O) groups is 4. The highest BCUT2D eigenvalue weighted by molar-refractivity contribution is 6.06. The molecule has 8 nitrogen and oxygen atoms in total. The molecule has 0 radical (unpaired) electrons. The lowest BCUT2D eigenvalue weighted by Gasteiger charge is -2.22. The fourth-order valence-corrected chi connectivity index (χ4v) is 3.64. The first kappa shape index (κ1) is 25.4. The molecule has 2 N–H and O–H groups in total. The molecule has 0 aliphatic heterocycles. The number of hydrogen-bond donors (Lipinski definition) is 2. The predicted molar refractivity (Wildman–Crippen MR) is 135 cm³/mol. The number of aryl methyl sites for hydroxylation is 1. The van der Waals surface area contributed by atoms with Crippen molar-refractivity contribution in [3.05, 3.63) is 71.8 Å². The Hall–Kier alpha value is -4.20. The van der Waals surface area contributed by atoms with Crippen LogP contribution in [0.1, 0.15) is 36.2 Å². The average Bonchev–Trinajstić information content (AvgIpc) is 2.82. The van der Waals surface area contributed by atoms with Crippen LogP contribution in [0.3, 0.4) is 0 Å². The van der Waals surface area contributed by atoms with Crippen molar-refractivity contribution in [1.82, 2.24) is 4.90 Å². The number of benzene rings is 3. The van der Waals surface area contributed by atoms with Crippen LogP contribution >= 0.6 is 0 Å². The van der Waals surface area contributed by atoms with E-state index in [9.17, 15) is 19.2 Å². The standard InChI is InChI=1S/C27H29N3O5/c1-4-13-30(16-25(32)29-23-12-8-5-9-18(23)2)26(33)17-35-27(34)22-14-20-10-6-7-11-21(20)15-24(22)28-19(3)31/h5-12,14-15H,4,13,16-17H2,1-3H3,(H,28,31)(H,29,32). The van der Waals surface area contributed by atoms with E-state index in [2.05, 4.69) is 10.6 Å². The normalized spacial score (nSPS) is 10.5. The van der Waals surface area contributed by atoms with Crippen molar-refractivity contribution in [1.29, 1.82) is 0 Å². The number of nitrogens with zero attached hydrogens (tertiary/aromatic N) is 1. The number of fused-ring (bicyclic) bond motifs is 1. The highest BCUT2D eigenvalue weighted by atomic mass is 16.5. The first-order chi connectivity index (χ1) is 16.8. The number of hydrogen-bond acceptors (Lipinski definition) is 5. The number of ether oxygens (including phenoxy) is 1. The van der Waals surface area contributed by atoms with Crippen LogP contribution in [0, 0.1) is 6.92 Å². The minimum atomic E-state index is -0.742. The number of amides is 3. The largest absolute Gasteiger partial charge is 0.452 e. The summed E-state index contributed by atoms with van der Waals surface area (Å²) in [5.41, 5.74) is 2.03. The molecule has 182 valence electrons. The number of esters is 1. The van der Waals surface area contributed by atoms with E-state index in [0.29, 0.717) is 24.3 Å². The molecular formula is C27H29N3O5. The molecular weight excluding hydrogens is 446 g/mol. The maximum absolute atomic E-state index is 12.9. The van der Waals surface area contributed by atoms with Gasteiger partial charge in [-0.25, -0.2) is 4.79 Å². The highest BCUT2D eigenvalue weighted by Crippen LogP contribution is 2.25. The SMILES string of the molecule is CCCN(CC(=O)Nc1ccccc1C)C(=O)COC(=O)c1cc2ccccc2cc1NC(C)=O. The molecule has 3 rings (SSSR count). The summed E-state index contributed by atoms with van der Waals surface area (Å²) in [6, 6.07) is 18.1. The van der Waals surface area contributed by atoms with Gasteiger partial charge in [-0.2, -0.15) is 0 Å². The zero-order valence-electron chi connectivity index (χ0n) is 20.1. The number of nitrogens with one attached hydrogen (secondary N) is 2. The van der Waals surface area contributed by atoms with Crippen LogP contribution in [-0.4, -0.2) is 48.3 Å². The van der Waals surface area contributed by atoms with E-state index in [1.807, 2.05) is 56.3 Å². The van der Waals surface area contributed by atoms with Gasteiger partial charge in [0.1, 0.15) is 0 Å². The summed E-state index contributed by atoms with van der Waals surface area (Å²) in [5, 5.41) is 7.09. The molecule has 0 saturated carbocycles. The molecule has 0 fully saturated rings. The number of carbonyl (C=O) groups excluding carboxylic acids is 4. The molecule has 3 amide bonds. The monoisotopic (exact) mass is 475 g/mol. The molecule has 3 aromatic rings. The summed E-state index contributed by atoms with van der Waals surface area (Å²) in [5.74, 6) is -1.90. The van der Waals surface area contributed by atoms with Gasteiger partial charge in [-0.15, -0.1) is 0 Å². The summed E-state index contributed by atoms with van der Waals surface area (Å²) in [6.07, 6.45) is 0.634. The van der Waals surface area contributed by atoms with Crippen molar-refractivity contribution in [3.8, 4) is 0 Å². The third-order valence-electron chi connectivity index (χ3n) is 5.34. The summed E-state index contributed by atoms with van der Waals surface area (Å²) in [6.45, 7) is 4.77. The van der Waals surface area contributed by atoms with Gasteiger partial charge in [0.15, 0.2) is 6.61 Å². The molecule has 8 heteroatoms. The molecule has 0 aliphatic carbocycles. The fraction of sp³-hybridized carbons (Fsp3) is 0.259. The second-order valence-electron chi connectivity index (χ2n) is 8.18. The molecule has 0 spiro atoms. The minimum Gasteiger partial charge on any atom is -0.452 e. The minimum absolute atomic E-state index is 0.144. The van der Waals surface area contributed by atoms with Gasteiger partial charge in [-0.1, -0.05) is 49.4 Å². The quantitative estimate of drug-likeness (QED) is 0.453. The smallest absolute Gasteiger partial charge is 0.340 e. The van der Waals surface area contributed by atoms with E-state index in [4.69, 9.17) is 4.74 Å². The van der Waals surface area contributed by atoms with Gasteiger partial charge in [0.2, 0.25) is 11.8 Å². The summed E-state index contributed by atoms with van der Waals surface area (Å²) < 4.78 is 5.29. The fourth-order valence-electron chi connectivity index (χ4n) is 3.64. The predicted octanol–water partition coefficient (Wildman–Crippen LogP) is 4.14. The highest BCUT2D eigenvalue weighted by Gasteiger charge is 2.21. The van der Waals surface area contributed by atoms with E-state index >= 15 is 0 Å². The second kappa shape index (κ2) is 11.8. The van der Waals surface area contributed by atoms with Gasteiger partial charge >= 0.3 is 5.97 Å². The van der Waals surface area contributed by atoms with E-state index in [-0.39, 0.29) is 23.9 Å². The van der Waals surface area contributed by atoms with Crippen molar-refractivity contribution in [2.45, 2.75) is 27.2 Å². The lowest BCUT2D eigenvalue weighted by Crippen LogP contribution is -2.40. The third-order valence-corrected chi connectivity index (χ3v) is 5.34. The maximum atomic E-state index is 12.9. The average molecular weight is 476 g/mol. The Balaban J connectivity index is 1.68. The van der Waals surface area contributed by atoms with Crippen molar-refractivity contribution in [3.63, 3.8) is 0 Å². The number of para-hydroxylation sites is 1. The molecule has 0 atom stereocenters. The first-order valence-electron chi connectivity index (χ1n) is 11.4. The van der Waals surface area contributed by atoms with Gasteiger partial charge in [0, 0.05) is 19.2 Å². The molecule has 35 heavy (non-hydrogen) atoms. The van der Waals surface area contributed by atoms with E-state index in [0.717, 1.165) is 16.3 Å². The Labute approximate surface area is 204 Å². The zero-order chi connectivity index (χ0) is 25.4. The van der Waals surface area contributed by atoms with Crippen LogP contribution in [0.25, 0.3) is 10.8 Å². The topological polar surface area (TPSA) is 105 Å². The second-order valence-corrected chi connectivity index (χ2v) is 8.18. The van der Waals surface area contributed by atoms with Crippen LogP contribution in [0.15, 0.2) is 60.7 Å². The van der Waals surface area contributed by atoms with Crippen molar-refractivity contribution in [2.75, 3.05) is 30.3 Å². The Kier molecular flexibility index (Phi) is 8.56. The summed E-state index contributed by atoms with van der Waals surface area (Å²) >= 11 is 0.